The maximum atomic E-state index is 8.45. The molecule has 4 heteroatoms. The first-order chi connectivity index (χ1) is 8.90. The highest BCUT2D eigenvalue weighted by molar-refractivity contribution is 7.99. The van der Waals surface area contributed by atoms with Crippen molar-refractivity contribution in [1.29, 1.82) is 5.26 Å². The molecule has 0 N–H and O–H groups in total. The molecule has 96 valence electrons. The van der Waals surface area contributed by atoms with E-state index in [1.54, 1.807) is 11.8 Å². The first-order valence-corrected chi connectivity index (χ1v) is 7.28. The molecule has 2 rings (SSSR count). The van der Waals surface area contributed by atoms with Crippen LogP contribution in [0, 0.1) is 11.3 Å². The fraction of sp³-hybridized carbons (Fsp3) is 0.500. The van der Waals surface area contributed by atoms with Gasteiger partial charge in [0.25, 0.3) is 0 Å². The molecule has 0 unspecified atom stereocenters. The van der Waals surface area contributed by atoms with Gasteiger partial charge in [0, 0.05) is 17.7 Å². The van der Waals surface area contributed by atoms with Crippen LogP contribution in [0.3, 0.4) is 0 Å². The molecule has 0 bridgehead atoms. The van der Waals surface area contributed by atoms with Crippen LogP contribution in [0.1, 0.15) is 25.7 Å². The molecule has 0 saturated carbocycles. The zero-order valence-corrected chi connectivity index (χ0v) is 11.2. The Bertz CT molecular complexity index is 428. The SMILES string of the molecule is N#CCCCCSc1ccc2c(c1)OCCCO2. The Kier molecular flexibility index (Phi) is 5.22. The molecule has 0 radical (unpaired) electrons. The fourth-order valence-electron chi connectivity index (χ4n) is 1.73. The molecule has 0 aliphatic carbocycles. The molecule has 1 aromatic carbocycles. The van der Waals surface area contributed by atoms with Crippen LogP contribution in [0.15, 0.2) is 23.1 Å². The highest BCUT2D eigenvalue weighted by Gasteiger charge is 2.10. The maximum absolute atomic E-state index is 8.45. The van der Waals surface area contributed by atoms with Gasteiger partial charge in [-0.1, -0.05) is 0 Å². The van der Waals surface area contributed by atoms with E-state index in [1.807, 2.05) is 6.07 Å². The van der Waals surface area contributed by atoms with Crippen LogP contribution >= 0.6 is 11.8 Å². The second-order valence-corrected chi connectivity index (χ2v) is 5.29. The first-order valence-electron chi connectivity index (χ1n) is 6.29. The fourth-order valence-corrected chi connectivity index (χ4v) is 2.67. The van der Waals surface area contributed by atoms with E-state index in [0.29, 0.717) is 6.42 Å². The van der Waals surface area contributed by atoms with Crippen molar-refractivity contribution in [3.63, 3.8) is 0 Å². The molecule has 0 atom stereocenters. The van der Waals surface area contributed by atoms with Crippen molar-refractivity contribution in [2.45, 2.75) is 30.6 Å². The highest BCUT2D eigenvalue weighted by atomic mass is 32.2. The average Bonchev–Trinajstić information content (AvgIpc) is 2.63. The molecule has 18 heavy (non-hydrogen) atoms. The minimum absolute atomic E-state index is 0.654. The van der Waals surface area contributed by atoms with E-state index in [0.717, 1.165) is 49.7 Å². The number of rotatable bonds is 5. The minimum Gasteiger partial charge on any atom is -0.490 e. The molecule has 0 amide bonds. The van der Waals surface area contributed by atoms with Gasteiger partial charge >= 0.3 is 0 Å². The zero-order valence-electron chi connectivity index (χ0n) is 10.4. The summed E-state index contributed by atoms with van der Waals surface area (Å²) in [5.41, 5.74) is 0. The number of ether oxygens (including phenoxy) is 2. The number of benzene rings is 1. The summed E-state index contributed by atoms with van der Waals surface area (Å²) in [5, 5.41) is 8.45. The quantitative estimate of drug-likeness (QED) is 0.601. The number of nitrogens with zero attached hydrogens (tertiary/aromatic N) is 1. The smallest absolute Gasteiger partial charge is 0.162 e. The summed E-state index contributed by atoms with van der Waals surface area (Å²) in [6, 6.07) is 8.28. The van der Waals surface area contributed by atoms with Crippen molar-refractivity contribution in [2.24, 2.45) is 0 Å². The maximum Gasteiger partial charge on any atom is 0.162 e. The highest BCUT2D eigenvalue weighted by Crippen LogP contribution is 2.34. The van der Waals surface area contributed by atoms with Crippen LogP contribution in [0.5, 0.6) is 11.5 Å². The summed E-state index contributed by atoms with van der Waals surface area (Å²) >= 11 is 1.81. The van der Waals surface area contributed by atoms with Gasteiger partial charge in [-0.25, -0.2) is 0 Å². The largest absolute Gasteiger partial charge is 0.490 e. The number of unbranched alkanes of at least 4 members (excludes halogenated alkanes) is 2. The third kappa shape index (κ3) is 3.85. The molecule has 0 aromatic heterocycles. The molecule has 1 aliphatic rings. The molecule has 1 aliphatic heterocycles. The predicted octanol–water partition coefficient (Wildman–Crippen LogP) is 3.63. The van der Waals surface area contributed by atoms with Gasteiger partial charge in [-0.05, 0) is 36.8 Å². The van der Waals surface area contributed by atoms with Crippen molar-refractivity contribution in [2.75, 3.05) is 19.0 Å². The lowest BCUT2D eigenvalue weighted by Crippen LogP contribution is -1.97. The van der Waals surface area contributed by atoms with Crippen LogP contribution < -0.4 is 9.47 Å². The van der Waals surface area contributed by atoms with Gasteiger partial charge in [0.15, 0.2) is 11.5 Å². The summed E-state index contributed by atoms with van der Waals surface area (Å²) < 4.78 is 11.2. The van der Waals surface area contributed by atoms with Gasteiger partial charge in [0.1, 0.15) is 0 Å². The lowest BCUT2D eigenvalue weighted by Gasteiger charge is -2.08. The second-order valence-electron chi connectivity index (χ2n) is 4.12. The van der Waals surface area contributed by atoms with E-state index in [9.17, 15) is 0 Å². The minimum atomic E-state index is 0.654. The Morgan fingerprint density at radius 2 is 2.00 bits per heavy atom. The Balaban J connectivity index is 1.86. The van der Waals surface area contributed by atoms with Crippen LogP contribution in [0.4, 0.5) is 0 Å². The lowest BCUT2D eigenvalue weighted by molar-refractivity contribution is 0.297. The molecule has 1 heterocycles. The lowest BCUT2D eigenvalue weighted by atomic mass is 10.3. The molecular formula is C14H17NO2S. The van der Waals surface area contributed by atoms with Gasteiger partial charge in [0.2, 0.25) is 0 Å². The zero-order chi connectivity index (χ0) is 12.6. The van der Waals surface area contributed by atoms with E-state index in [1.165, 1.54) is 4.90 Å². The summed E-state index contributed by atoms with van der Waals surface area (Å²) in [4.78, 5) is 1.20. The van der Waals surface area contributed by atoms with Crippen molar-refractivity contribution in [3.8, 4) is 17.6 Å². The average molecular weight is 263 g/mol. The summed E-state index contributed by atoms with van der Waals surface area (Å²) in [6.45, 7) is 1.46. The third-order valence-corrected chi connectivity index (χ3v) is 3.75. The van der Waals surface area contributed by atoms with Crippen LogP contribution in [-0.2, 0) is 0 Å². The molecule has 0 saturated heterocycles. The Morgan fingerprint density at radius 1 is 1.17 bits per heavy atom. The first kappa shape index (κ1) is 13.1. The van der Waals surface area contributed by atoms with Crippen molar-refractivity contribution in [1.82, 2.24) is 0 Å². The van der Waals surface area contributed by atoms with Crippen LogP contribution in [0.25, 0.3) is 0 Å². The molecule has 1 aromatic rings. The number of thioether (sulfide) groups is 1. The monoisotopic (exact) mass is 263 g/mol. The normalized spacial score (nSPS) is 13.7. The van der Waals surface area contributed by atoms with Gasteiger partial charge in [0.05, 0.1) is 19.3 Å². The van der Waals surface area contributed by atoms with E-state index < -0.39 is 0 Å². The summed E-state index contributed by atoms with van der Waals surface area (Å²) in [7, 11) is 0. The van der Waals surface area contributed by atoms with Gasteiger partial charge in [-0.3, -0.25) is 0 Å². The van der Waals surface area contributed by atoms with E-state index in [4.69, 9.17) is 14.7 Å². The number of hydrogen-bond donors (Lipinski definition) is 0. The molecular weight excluding hydrogens is 246 g/mol. The topological polar surface area (TPSA) is 42.2 Å². The van der Waals surface area contributed by atoms with Crippen molar-refractivity contribution in [3.05, 3.63) is 18.2 Å². The molecule has 3 nitrogen and oxygen atoms in total. The molecule has 0 spiro atoms. The van der Waals surface area contributed by atoms with Gasteiger partial charge in [-0.15, -0.1) is 11.8 Å². The van der Waals surface area contributed by atoms with Crippen LogP contribution in [-0.4, -0.2) is 19.0 Å². The van der Waals surface area contributed by atoms with Gasteiger partial charge in [-0.2, -0.15) is 5.26 Å². The Morgan fingerprint density at radius 3 is 2.83 bits per heavy atom. The second kappa shape index (κ2) is 7.17. The Labute approximate surface area is 112 Å². The molecule has 0 fully saturated rings. The predicted molar refractivity (Wildman–Crippen MR) is 72.2 cm³/mol. The number of hydrogen-bond acceptors (Lipinski definition) is 4. The van der Waals surface area contributed by atoms with E-state index in [-0.39, 0.29) is 0 Å². The van der Waals surface area contributed by atoms with Crippen LogP contribution in [0.2, 0.25) is 0 Å². The standard InChI is InChI=1S/C14H17NO2S/c15-7-2-1-3-10-18-12-5-6-13-14(11-12)17-9-4-8-16-13/h5-6,11H,1-4,8-10H2. The van der Waals surface area contributed by atoms with E-state index in [2.05, 4.69) is 18.2 Å². The number of fused-ring (bicyclic) bond motifs is 1. The van der Waals surface area contributed by atoms with E-state index >= 15 is 0 Å². The summed E-state index contributed by atoms with van der Waals surface area (Å²) in [5.74, 6) is 2.75. The number of nitriles is 1. The van der Waals surface area contributed by atoms with Crippen molar-refractivity contribution >= 4 is 11.8 Å². The summed E-state index contributed by atoms with van der Waals surface area (Å²) in [6.07, 6.45) is 3.65. The van der Waals surface area contributed by atoms with Gasteiger partial charge < -0.3 is 9.47 Å². The Hall–Kier alpha value is -1.34. The van der Waals surface area contributed by atoms with Crippen molar-refractivity contribution < 1.29 is 9.47 Å². The third-order valence-electron chi connectivity index (χ3n) is 2.67.